The van der Waals surface area contributed by atoms with Crippen LogP contribution >= 0.6 is 0 Å². The Morgan fingerprint density at radius 2 is 1.85 bits per heavy atom. The zero-order valence-corrected chi connectivity index (χ0v) is 18.4. The second kappa shape index (κ2) is 9.51. The highest BCUT2D eigenvalue weighted by Crippen LogP contribution is 2.30. The van der Waals surface area contributed by atoms with Gasteiger partial charge in [-0.25, -0.2) is 5.43 Å². The van der Waals surface area contributed by atoms with E-state index in [2.05, 4.69) is 21.2 Å². The molecule has 1 amide bonds. The maximum atomic E-state index is 12.4. The molecule has 4 aromatic rings. The number of para-hydroxylation sites is 1. The number of hydrogen-bond acceptors (Lipinski definition) is 5. The van der Waals surface area contributed by atoms with Gasteiger partial charge in [-0.3, -0.25) is 4.79 Å². The fourth-order valence-electron chi connectivity index (χ4n) is 4.06. The van der Waals surface area contributed by atoms with Gasteiger partial charge in [0.1, 0.15) is 13.2 Å². The van der Waals surface area contributed by atoms with Crippen LogP contribution in [-0.2, 0) is 17.8 Å². The number of nitrogens with zero attached hydrogens (tertiary/aromatic N) is 3. The summed E-state index contributed by atoms with van der Waals surface area (Å²) in [7, 11) is 0. The van der Waals surface area contributed by atoms with E-state index >= 15 is 0 Å². The maximum absolute atomic E-state index is 12.4. The fraction of sp³-hybridized carbons (Fsp3) is 0.148. The molecule has 0 aliphatic carbocycles. The number of nitriles is 1. The normalized spacial score (nSPS) is 12.6. The smallest absolute Gasteiger partial charge is 0.244 e. The molecule has 0 saturated carbocycles. The summed E-state index contributed by atoms with van der Waals surface area (Å²) in [5, 5.41) is 14.6. The third-order valence-electron chi connectivity index (χ3n) is 5.66. The van der Waals surface area contributed by atoms with Gasteiger partial charge in [0, 0.05) is 29.2 Å². The predicted molar refractivity (Wildman–Crippen MR) is 129 cm³/mol. The lowest BCUT2D eigenvalue weighted by Crippen LogP contribution is -2.20. The van der Waals surface area contributed by atoms with E-state index in [0.29, 0.717) is 36.8 Å². The van der Waals surface area contributed by atoms with Crippen LogP contribution in [0.1, 0.15) is 22.3 Å². The molecule has 0 radical (unpaired) electrons. The van der Waals surface area contributed by atoms with Gasteiger partial charge in [-0.2, -0.15) is 10.4 Å². The number of amides is 1. The number of carbonyl (C=O) groups is 1. The van der Waals surface area contributed by atoms with Crippen LogP contribution in [-0.4, -0.2) is 29.9 Å². The fourth-order valence-corrected chi connectivity index (χ4v) is 4.06. The van der Waals surface area contributed by atoms with Gasteiger partial charge in [-0.1, -0.05) is 42.5 Å². The lowest BCUT2D eigenvalue weighted by molar-refractivity contribution is -0.120. The molecule has 0 spiro atoms. The lowest BCUT2D eigenvalue weighted by Gasteiger charge is -2.18. The molecule has 2 heterocycles. The molecule has 0 fully saturated rings. The number of hydrazone groups is 1. The summed E-state index contributed by atoms with van der Waals surface area (Å²) >= 11 is 0. The Morgan fingerprint density at radius 3 is 2.74 bits per heavy atom. The first-order chi connectivity index (χ1) is 16.7. The monoisotopic (exact) mass is 450 g/mol. The number of carbonyl (C=O) groups excluding carboxylic acids is 1. The van der Waals surface area contributed by atoms with Crippen LogP contribution < -0.4 is 14.9 Å². The summed E-state index contributed by atoms with van der Waals surface area (Å²) in [6, 6.07) is 23.3. The number of benzene rings is 3. The van der Waals surface area contributed by atoms with Crippen LogP contribution in [0, 0.1) is 11.3 Å². The SMILES string of the molecule is N#Cc1ccccc1Cn1cc(/C=N\NC(=O)Cc2ccc3c(c2)OCCO3)c2ccccc21. The predicted octanol–water partition coefficient (Wildman–Crippen LogP) is 4.03. The van der Waals surface area contributed by atoms with E-state index in [0.717, 1.165) is 27.6 Å². The average molecular weight is 450 g/mol. The van der Waals surface area contributed by atoms with Crippen molar-refractivity contribution in [2.75, 3.05) is 13.2 Å². The second-order valence-electron chi connectivity index (χ2n) is 7.95. The minimum absolute atomic E-state index is 0.181. The van der Waals surface area contributed by atoms with E-state index in [-0.39, 0.29) is 12.3 Å². The van der Waals surface area contributed by atoms with Crippen molar-refractivity contribution in [3.63, 3.8) is 0 Å². The highest BCUT2D eigenvalue weighted by atomic mass is 16.6. The minimum Gasteiger partial charge on any atom is -0.486 e. The molecule has 7 heteroatoms. The number of hydrogen-bond donors (Lipinski definition) is 1. The molecule has 3 aromatic carbocycles. The first-order valence-electron chi connectivity index (χ1n) is 11.0. The molecule has 1 N–H and O–H groups in total. The van der Waals surface area contributed by atoms with Crippen molar-refractivity contribution >= 4 is 23.0 Å². The highest BCUT2D eigenvalue weighted by Gasteiger charge is 2.13. The molecule has 1 aliphatic rings. The Labute approximate surface area is 196 Å². The minimum atomic E-state index is -0.223. The zero-order valence-electron chi connectivity index (χ0n) is 18.4. The van der Waals surface area contributed by atoms with Gasteiger partial charge in [-0.05, 0) is 35.4 Å². The van der Waals surface area contributed by atoms with Crippen LogP contribution in [0.3, 0.4) is 0 Å². The van der Waals surface area contributed by atoms with Crippen molar-refractivity contribution in [1.82, 2.24) is 9.99 Å². The van der Waals surface area contributed by atoms with E-state index in [9.17, 15) is 10.1 Å². The molecular formula is C27H22N4O3. The average Bonchev–Trinajstić information content (AvgIpc) is 3.21. The summed E-state index contributed by atoms with van der Waals surface area (Å²) in [6.07, 6.45) is 3.81. The Kier molecular flexibility index (Phi) is 5.95. The molecule has 1 aliphatic heterocycles. The molecule has 1 aromatic heterocycles. The third kappa shape index (κ3) is 4.48. The summed E-state index contributed by atoms with van der Waals surface area (Å²) < 4.78 is 13.2. The van der Waals surface area contributed by atoms with Gasteiger partial charge >= 0.3 is 0 Å². The van der Waals surface area contributed by atoms with E-state index in [4.69, 9.17) is 9.47 Å². The van der Waals surface area contributed by atoms with Gasteiger partial charge < -0.3 is 14.0 Å². The third-order valence-corrected chi connectivity index (χ3v) is 5.66. The van der Waals surface area contributed by atoms with Gasteiger partial charge in [0.25, 0.3) is 0 Å². The molecular weight excluding hydrogens is 428 g/mol. The van der Waals surface area contributed by atoms with Crippen LogP contribution in [0.4, 0.5) is 0 Å². The molecule has 0 bridgehead atoms. The summed E-state index contributed by atoms with van der Waals surface area (Å²) in [4.78, 5) is 12.4. The number of nitrogens with one attached hydrogen (secondary N) is 1. The van der Waals surface area contributed by atoms with Crippen molar-refractivity contribution in [3.8, 4) is 17.6 Å². The molecule has 168 valence electrons. The van der Waals surface area contributed by atoms with E-state index in [1.807, 2.05) is 72.9 Å². The topological polar surface area (TPSA) is 88.6 Å². The molecule has 0 atom stereocenters. The first kappa shape index (κ1) is 21.3. The van der Waals surface area contributed by atoms with Gasteiger partial charge in [-0.15, -0.1) is 0 Å². The second-order valence-corrected chi connectivity index (χ2v) is 7.95. The summed E-state index contributed by atoms with van der Waals surface area (Å²) in [6.45, 7) is 1.60. The van der Waals surface area contributed by atoms with Crippen molar-refractivity contribution in [2.45, 2.75) is 13.0 Å². The Balaban J connectivity index is 1.30. The van der Waals surface area contributed by atoms with Gasteiger partial charge in [0.2, 0.25) is 5.91 Å². The quantitative estimate of drug-likeness (QED) is 0.355. The van der Waals surface area contributed by atoms with Gasteiger partial charge in [0.05, 0.1) is 24.3 Å². The van der Waals surface area contributed by atoms with E-state index in [1.54, 1.807) is 6.21 Å². The van der Waals surface area contributed by atoms with Crippen LogP contribution in [0.2, 0.25) is 0 Å². The van der Waals surface area contributed by atoms with Gasteiger partial charge in [0.15, 0.2) is 11.5 Å². The Bertz CT molecular complexity index is 1430. The van der Waals surface area contributed by atoms with Crippen LogP contribution in [0.25, 0.3) is 10.9 Å². The molecule has 0 saturated heterocycles. The van der Waals surface area contributed by atoms with Crippen molar-refractivity contribution < 1.29 is 14.3 Å². The zero-order chi connectivity index (χ0) is 23.3. The van der Waals surface area contributed by atoms with Crippen molar-refractivity contribution in [3.05, 3.63) is 95.2 Å². The largest absolute Gasteiger partial charge is 0.486 e. The van der Waals surface area contributed by atoms with Crippen LogP contribution in [0.15, 0.2) is 78.0 Å². The maximum Gasteiger partial charge on any atom is 0.244 e. The lowest BCUT2D eigenvalue weighted by atomic mass is 10.1. The molecule has 34 heavy (non-hydrogen) atoms. The number of fused-ring (bicyclic) bond motifs is 2. The molecule has 0 unspecified atom stereocenters. The number of aromatic nitrogens is 1. The number of rotatable bonds is 6. The first-order valence-corrected chi connectivity index (χ1v) is 11.0. The Morgan fingerprint density at radius 1 is 1.06 bits per heavy atom. The molecule has 5 rings (SSSR count). The van der Waals surface area contributed by atoms with E-state index in [1.165, 1.54) is 0 Å². The van der Waals surface area contributed by atoms with Crippen LogP contribution in [0.5, 0.6) is 11.5 Å². The summed E-state index contributed by atoms with van der Waals surface area (Å²) in [5.74, 6) is 1.13. The number of ether oxygens (including phenoxy) is 2. The summed E-state index contributed by atoms with van der Waals surface area (Å²) in [5.41, 5.74) is 6.94. The van der Waals surface area contributed by atoms with Crippen molar-refractivity contribution in [1.29, 1.82) is 5.26 Å². The van der Waals surface area contributed by atoms with E-state index < -0.39 is 0 Å². The standard InChI is InChI=1S/C27H22N4O3/c28-15-20-5-1-2-6-21(20)17-31-18-22(23-7-3-4-8-24(23)31)16-29-30-27(32)14-19-9-10-25-26(13-19)34-12-11-33-25/h1-10,13,16,18H,11-12,14,17H2,(H,30,32)/b29-16-. The Hall–Kier alpha value is -4.57. The highest BCUT2D eigenvalue weighted by molar-refractivity contribution is 5.99. The van der Waals surface area contributed by atoms with Crippen molar-refractivity contribution in [2.24, 2.45) is 5.10 Å². The molecule has 7 nitrogen and oxygen atoms in total.